The molecule has 0 atom stereocenters. The summed E-state index contributed by atoms with van der Waals surface area (Å²) in [6, 6.07) is 3.81. The van der Waals surface area contributed by atoms with Crippen LogP contribution >= 0.6 is 0 Å². The number of aliphatic hydroxyl groups excluding tert-OH is 1. The molecule has 1 saturated carbocycles. The van der Waals surface area contributed by atoms with Crippen LogP contribution in [-0.4, -0.2) is 16.7 Å². The van der Waals surface area contributed by atoms with Gasteiger partial charge in [0.25, 0.3) is 0 Å². The lowest BCUT2D eigenvalue weighted by Crippen LogP contribution is -2.14. The van der Waals surface area contributed by atoms with Crippen LogP contribution in [0.1, 0.15) is 18.4 Å². The van der Waals surface area contributed by atoms with Crippen molar-refractivity contribution in [2.45, 2.75) is 18.3 Å². The van der Waals surface area contributed by atoms with Crippen LogP contribution in [0.5, 0.6) is 0 Å². The fraction of sp³-hybridized carbons (Fsp3) is 0.444. The van der Waals surface area contributed by atoms with Crippen molar-refractivity contribution in [1.29, 1.82) is 0 Å². The zero-order chi connectivity index (χ0) is 8.60. The van der Waals surface area contributed by atoms with Crippen LogP contribution in [0.3, 0.4) is 0 Å². The fourth-order valence-electron chi connectivity index (χ4n) is 1.53. The number of nitrogens with zero attached hydrogens (tertiary/aromatic N) is 1. The van der Waals surface area contributed by atoms with Crippen molar-refractivity contribution in [3.05, 3.63) is 23.9 Å². The Hall–Kier alpha value is -1.09. The van der Waals surface area contributed by atoms with Gasteiger partial charge in [0.05, 0.1) is 6.61 Å². The largest absolute Gasteiger partial charge is 0.395 e. The minimum absolute atomic E-state index is 0.0572. The molecule has 0 radical (unpaired) electrons. The van der Waals surface area contributed by atoms with Crippen molar-refractivity contribution < 1.29 is 5.11 Å². The van der Waals surface area contributed by atoms with E-state index < -0.39 is 0 Å². The summed E-state index contributed by atoms with van der Waals surface area (Å²) in [5.74, 6) is 0.559. The average Bonchev–Trinajstić information content (AvgIpc) is 2.86. The molecule has 3 nitrogen and oxygen atoms in total. The molecule has 1 aromatic heterocycles. The van der Waals surface area contributed by atoms with Gasteiger partial charge in [0.1, 0.15) is 5.82 Å². The molecule has 64 valence electrons. The Morgan fingerprint density at radius 1 is 1.58 bits per heavy atom. The predicted molar refractivity (Wildman–Crippen MR) is 46.6 cm³/mol. The molecule has 3 heteroatoms. The molecule has 0 unspecified atom stereocenters. The number of aliphatic hydroxyl groups is 1. The molecule has 1 aromatic rings. The van der Waals surface area contributed by atoms with Gasteiger partial charge in [-0.3, -0.25) is 0 Å². The van der Waals surface area contributed by atoms with E-state index >= 15 is 0 Å². The minimum Gasteiger partial charge on any atom is -0.395 e. The van der Waals surface area contributed by atoms with Crippen LogP contribution in [0.4, 0.5) is 5.82 Å². The number of anilines is 1. The first-order valence-electron chi connectivity index (χ1n) is 4.10. The van der Waals surface area contributed by atoms with E-state index in [-0.39, 0.29) is 12.0 Å². The monoisotopic (exact) mass is 164 g/mol. The third-order valence-electron chi connectivity index (χ3n) is 2.57. The van der Waals surface area contributed by atoms with Gasteiger partial charge in [0.15, 0.2) is 0 Å². The van der Waals surface area contributed by atoms with Crippen LogP contribution in [0.25, 0.3) is 0 Å². The Labute approximate surface area is 71.2 Å². The van der Waals surface area contributed by atoms with Crippen LogP contribution in [0.2, 0.25) is 0 Å². The quantitative estimate of drug-likeness (QED) is 0.676. The van der Waals surface area contributed by atoms with Crippen molar-refractivity contribution in [2.24, 2.45) is 0 Å². The van der Waals surface area contributed by atoms with Gasteiger partial charge < -0.3 is 10.8 Å². The molecule has 12 heavy (non-hydrogen) atoms. The molecule has 0 aliphatic heterocycles. The Morgan fingerprint density at radius 3 is 2.83 bits per heavy atom. The maximum atomic E-state index is 9.15. The standard InChI is InChI=1S/C9H12N2O/c10-8-7(2-1-5-11-8)9(6-12)3-4-9/h1-2,5,12H,3-4,6H2,(H2,10,11). The highest BCUT2D eigenvalue weighted by atomic mass is 16.3. The van der Waals surface area contributed by atoms with Crippen LogP contribution < -0.4 is 5.73 Å². The van der Waals surface area contributed by atoms with E-state index in [4.69, 9.17) is 10.8 Å². The van der Waals surface area contributed by atoms with Crippen LogP contribution in [-0.2, 0) is 5.41 Å². The molecule has 2 rings (SSSR count). The number of rotatable bonds is 2. The van der Waals surface area contributed by atoms with Crippen LogP contribution in [0.15, 0.2) is 18.3 Å². The molecular formula is C9H12N2O. The maximum Gasteiger partial charge on any atom is 0.127 e. The summed E-state index contributed by atoms with van der Waals surface area (Å²) in [4.78, 5) is 4.00. The summed E-state index contributed by atoms with van der Waals surface area (Å²) in [6.07, 6.45) is 3.73. The molecular weight excluding hydrogens is 152 g/mol. The highest BCUT2D eigenvalue weighted by molar-refractivity contribution is 5.47. The van der Waals surface area contributed by atoms with Crippen molar-refractivity contribution in [2.75, 3.05) is 12.3 Å². The van der Waals surface area contributed by atoms with E-state index in [0.29, 0.717) is 5.82 Å². The average molecular weight is 164 g/mol. The molecule has 0 saturated heterocycles. The molecule has 0 aromatic carbocycles. The summed E-state index contributed by atoms with van der Waals surface area (Å²) < 4.78 is 0. The van der Waals surface area contributed by atoms with E-state index in [1.165, 1.54) is 0 Å². The number of pyridine rings is 1. The van der Waals surface area contributed by atoms with Gasteiger partial charge in [-0.25, -0.2) is 4.98 Å². The summed E-state index contributed by atoms with van der Waals surface area (Å²) in [5.41, 5.74) is 6.65. The highest BCUT2D eigenvalue weighted by Gasteiger charge is 2.45. The lowest BCUT2D eigenvalue weighted by molar-refractivity contribution is 0.255. The Bertz CT molecular complexity index is 294. The van der Waals surface area contributed by atoms with Crippen LogP contribution in [0, 0.1) is 0 Å². The van der Waals surface area contributed by atoms with Crippen molar-refractivity contribution in [1.82, 2.24) is 4.98 Å². The first-order chi connectivity index (χ1) is 5.78. The lowest BCUT2D eigenvalue weighted by atomic mass is 9.98. The molecule has 1 aliphatic carbocycles. The number of nitrogen functional groups attached to an aromatic ring is 1. The zero-order valence-corrected chi connectivity index (χ0v) is 6.83. The Morgan fingerprint density at radius 2 is 2.33 bits per heavy atom. The predicted octanol–water partition coefficient (Wildman–Crippen LogP) is 0.688. The number of nitrogens with two attached hydrogens (primary N) is 1. The molecule has 0 spiro atoms. The van der Waals surface area contributed by atoms with Crippen molar-refractivity contribution in [3.8, 4) is 0 Å². The second-order valence-corrected chi connectivity index (χ2v) is 3.37. The lowest BCUT2D eigenvalue weighted by Gasteiger charge is -2.12. The van der Waals surface area contributed by atoms with E-state index in [2.05, 4.69) is 4.98 Å². The Kier molecular flexibility index (Phi) is 1.54. The number of aromatic nitrogens is 1. The zero-order valence-electron chi connectivity index (χ0n) is 6.83. The van der Waals surface area contributed by atoms with Gasteiger partial charge in [0, 0.05) is 17.2 Å². The van der Waals surface area contributed by atoms with E-state index in [0.717, 1.165) is 18.4 Å². The van der Waals surface area contributed by atoms with Gasteiger partial charge in [-0.2, -0.15) is 0 Å². The molecule has 0 bridgehead atoms. The molecule has 1 aliphatic rings. The smallest absolute Gasteiger partial charge is 0.127 e. The van der Waals surface area contributed by atoms with Crippen molar-refractivity contribution >= 4 is 5.82 Å². The summed E-state index contributed by atoms with van der Waals surface area (Å²) in [6.45, 7) is 0.183. The SMILES string of the molecule is Nc1ncccc1C1(CO)CC1. The third kappa shape index (κ3) is 0.975. The maximum absolute atomic E-state index is 9.15. The summed E-state index contributed by atoms with van der Waals surface area (Å²) in [5, 5.41) is 9.15. The number of hydrogen-bond donors (Lipinski definition) is 2. The first-order valence-corrected chi connectivity index (χ1v) is 4.10. The minimum atomic E-state index is -0.0572. The topological polar surface area (TPSA) is 59.1 Å². The molecule has 0 amide bonds. The molecule has 1 heterocycles. The molecule has 1 fully saturated rings. The van der Waals surface area contributed by atoms with Gasteiger partial charge >= 0.3 is 0 Å². The second kappa shape index (κ2) is 2.45. The molecule has 3 N–H and O–H groups in total. The summed E-state index contributed by atoms with van der Waals surface area (Å²) >= 11 is 0. The van der Waals surface area contributed by atoms with E-state index in [1.807, 2.05) is 12.1 Å². The third-order valence-corrected chi connectivity index (χ3v) is 2.57. The van der Waals surface area contributed by atoms with E-state index in [1.54, 1.807) is 6.20 Å². The van der Waals surface area contributed by atoms with Gasteiger partial charge in [-0.1, -0.05) is 6.07 Å². The van der Waals surface area contributed by atoms with Gasteiger partial charge in [0.2, 0.25) is 0 Å². The van der Waals surface area contributed by atoms with Crippen molar-refractivity contribution in [3.63, 3.8) is 0 Å². The van der Waals surface area contributed by atoms with Gasteiger partial charge in [-0.05, 0) is 18.9 Å². The first kappa shape index (κ1) is 7.55. The highest BCUT2D eigenvalue weighted by Crippen LogP contribution is 2.49. The normalized spacial score (nSPS) is 19.1. The number of hydrogen-bond acceptors (Lipinski definition) is 3. The van der Waals surface area contributed by atoms with E-state index in [9.17, 15) is 0 Å². The fourth-order valence-corrected chi connectivity index (χ4v) is 1.53. The summed E-state index contributed by atoms with van der Waals surface area (Å²) in [7, 11) is 0. The van der Waals surface area contributed by atoms with Gasteiger partial charge in [-0.15, -0.1) is 0 Å². The Balaban J connectivity index is 2.40. The second-order valence-electron chi connectivity index (χ2n) is 3.37.